The van der Waals surface area contributed by atoms with Gasteiger partial charge in [0.2, 0.25) is 5.82 Å². The van der Waals surface area contributed by atoms with Crippen molar-refractivity contribution in [1.82, 2.24) is 5.32 Å². The maximum absolute atomic E-state index is 13.8. The predicted molar refractivity (Wildman–Crippen MR) is 71.9 cm³/mol. The van der Waals surface area contributed by atoms with E-state index in [1.54, 1.807) is 0 Å². The monoisotopic (exact) mass is 298 g/mol. The Hall–Kier alpha value is -2.05. The molecule has 7 heteroatoms. The van der Waals surface area contributed by atoms with Gasteiger partial charge in [0.05, 0.1) is 4.92 Å². The van der Waals surface area contributed by atoms with Crippen LogP contribution in [0.3, 0.4) is 0 Å². The molecule has 0 saturated heterocycles. The summed E-state index contributed by atoms with van der Waals surface area (Å²) in [5.41, 5.74) is -1.80. The van der Waals surface area contributed by atoms with Crippen LogP contribution in [0.15, 0.2) is 12.1 Å². The van der Waals surface area contributed by atoms with E-state index in [1.165, 1.54) is 12.8 Å². The van der Waals surface area contributed by atoms with Crippen LogP contribution in [0, 0.1) is 27.7 Å². The minimum atomic E-state index is -1.43. The van der Waals surface area contributed by atoms with Crippen molar-refractivity contribution in [2.75, 3.05) is 6.54 Å². The molecule has 0 atom stereocenters. The Kier molecular flexibility index (Phi) is 4.82. The third-order valence-electron chi connectivity index (χ3n) is 3.81. The van der Waals surface area contributed by atoms with Gasteiger partial charge in [0.25, 0.3) is 5.91 Å². The lowest BCUT2D eigenvalue weighted by Gasteiger charge is -2.10. The van der Waals surface area contributed by atoms with E-state index < -0.39 is 33.7 Å². The predicted octanol–water partition coefficient (Wildman–Crippen LogP) is 3.18. The highest BCUT2D eigenvalue weighted by atomic mass is 19.1. The Morgan fingerprint density at radius 1 is 1.33 bits per heavy atom. The number of nitro benzene ring substituents is 1. The number of amides is 1. The van der Waals surface area contributed by atoms with E-state index in [1.807, 2.05) is 0 Å². The first-order chi connectivity index (χ1) is 10.0. The van der Waals surface area contributed by atoms with Gasteiger partial charge in [-0.1, -0.05) is 25.7 Å². The molecule has 1 amide bonds. The highest BCUT2D eigenvalue weighted by molar-refractivity contribution is 5.95. The van der Waals surface area contributed by atoms with E-state index in [4.69, 9.17) is 0 Å². The summed E-state index contributed by atoms with van der Waals surface area (Å²) in [6.07, 6.45) is 5.31. The van der Waals surface area contributed by atoms with Crippen molar-refractivity contribution in [3.63, 3.8) is 0 Å². The molecule has 1 fully saturated rings. The van der Waals surface area contributed by atoms with Gasteiger partial charge < -0.3 is 5.32 Å². The van der Waals surface area contributed by atoms with Gasteiger partial charge >= 0.3 is 5.69 Å². The Bertz CT molecular complexity index is 557. The van der Waals surface area contributed by atoms with Crippen LogP contribution in [0.2, 0.25) is 0 Å². The second kappa shape index (κ2) is 6.60. The molecule has 1 aliphatic rings. The summed E-state index contributed by atoms with van der Waals surface area (Å²) < 4.78 is 27.4. The maximum atomic E-state index is 13.8. The molecule has 0 aliphatic heterocycles. The number of benzene rings is 1. The topological polar surface area (TPSA) is 72.2 Å². The van der Waals surface area contributed by atoms with E-state index in [0.717, 1.165) is 25.3 Å². The fraction of sp³-hybridized carbons (Fsp3) is 0.500. The van der Waals surface area contributed by atoms with Crippen LogP contribution in [0.5, 0.6) is 0 Å². The molecule has 1 aromatic rings. The molecule has 1 N–H and O–H groups in total. The molecule has 21 heavy (non-hydrogen) atoms. The Balaban J connectivity index is 2.04. The van der Waals surface area contributed by atoms with Gasteiger partial charge in [-0.2, -0.15) is 4.39 Å². The molecular weight excluding hydrogens is 282 g/mol. The van der Waals surface area contributed by atoms with Crippen molar-refractivity contribution >= 4 is 11.6 Å². The van der Waals surface area contributed by atoms with Gasteiger partial charge in [-0.3, -0.25) is 14.9 Å². The van der Waals surface area contributed by atoms with Crippen molar-refractivity contribution < 1.29 is 18.5 Å². The number of carbonyl (C=O) groups is 1. The molecule has 0 bridgehead atoms. The molecule has 1 saturated carbocycles. The first-order valence-corrected chi connectivity index (χ1v) is 6.91. The van der Waals surface area contributed by atoms with Crippen LogP contribution >= 0.6 is 0 Å². The molecular formula is C14H16F2N2O3. The molecule has 114 valence electrons. The fourth-order valence-corrected chi connectivity index (χ4v) is 2.67. The number of halogens is 2. The van der Waals surface area contributed by atoms with Gasteiger partial charge in [-0.15, -0.1) is 0 Å². The lowest BCUT2D eigenvalue weighted by atomic mass is 10.0. The van der Waals surface area contributed by atoms with Gasteiger partial charge in [0.1, 0.15) is 11.4 Å². The van der Waals surface area contributed by atoms with Crippen LogP contribution < -0.4 is 5.32 Å². The van der Waals surface area contributed by atoms with E-state index in [9.17, 15) is 23.7 Å². The number of hydrogen-bond donors (Lipinski definition) is 1. The Morgan fingerprint density at radius 2 is 2.00 bits per heavy atom. The highest BCUT2D eigenvalue weighted by Gasteiger charge is 2.26. The second-order valence-corrected chi connectivity index (χ2v) is 5.21. The first kappa shape index (κ1) is 15.3. The summed E-state index contributed by atoms with van der Waals surface area (Å²) in [5, 5.41) is 13.0. The number of rotatable bonds is 5. The number of nitrogens with one attached hydrogen (secondary N) is 1. The summed E-state index contributed by atoms with van der Waals surface area (Å²) in [7, 11) is 0. The fourth-order valence-electron chi connectivity index (χ4n) is 2.67. The van der Waals surface area contributed by atoms with Crippen molar-refractivity contribution in [3.8, 4) is 0 Å². The van der Waals surface area contributed by atoms with Gasteiger partial charge in [0, 0.05) is 12.6 Å². The van der Waals surface area contributed by atoms with Crippen molar-refractivity contribution in [1.29, 1.82) is 0 Å². The second-order valence-electron chi connectivity index (χ2n) is 5.21. The summed E-state index contributed by atoms with van der Waals surface area (Å²) >= 11 is 0. The quantitative estimate of drug-likeness (QED) is 0.670. The van der Waals surface area contributed by atoms with Crippen molar-refractivity contribution in [2.24, 2.45) is 5.92 Å². The van der Waals surface area contributed by atoms with Gasteiger partial charge in [0.15, 0.2) is 0 Å². The standard InChI is InChI=1S/C14H16F2N2O3/c15-10-5-6-11(18(20)21)13(16)12(10)14(19)17-8-7-9-3-1-2-4-9/h5-6,9H,1-4,7-8H2,(H,17,19). The Morgan fingerprint density at radius 3 is 2.62 bits per heavy atom. The number of hydrogen-bond acceptors (Lipinski definition) is 3. The third-order valence-corrected chi connectivity index (χ3v) is 3.81. The zero-order valence-corrected chi connectivity index (χ0v) is 11.4. The minimum Gasteiger partial charge on any atom is -0.352 e. The zero-order valence-electron chi connectivity index (χ0n) is 11.4. The van der Waals surface area contributed by atoms with Crippen molar-refractivity contribution in [3.05, 3.63) is 39.4 Å². The molecule has 0 spiro atoms. The van der Waals surface area contributed by atoms with Crippen LogP contribution in [-0.2, 0) is 0 Å². The van der Waals surface area contributed by atoms with E-state index in [-0.39, 0.29) is 0 Å². The highest BCUT2D eigenvalue weighted by Crippen LogP contribution is 2.27. The smallest absolute Gasteiger partial charge is 0.305 e. The third kappa shape index (κ3) is 3.53. The van der Waals surface area contributed by atoms with Crippen LogP contribution in [0.1, 0.15) is 42.5 Å². The molecule has 1 aromatic carbocycles. The average molecular weight is 298 g/mol. The SMILES string of the molecule is O=C(NCCC1CCCC1)c1c(F)ccc([N+](=O)[O-])c1F. The molecule has 1 aliphatic carbocycles. The number of nitrogens with zero attached hydrogens (tertiary/aromatic N) is 1. The average Bonchev–Trinajstić information content (AvgIpc) is 2.91. The largest absolute Gasteiger partial charge is 0.352 e. The molecule has 0 aromatic heterocycles. The summed E-state index contributed by atoms with van der Waals surface area (Å²) in [6, 6.07) is 1.44. The molecule has 5 nitrogen and oxygen atoms in total. The molecule has 2 rings (SSSR count). The van der Waals surface area contributed by atoms with Crippen LogP contribution in [0.4, 0.5) is 14.5 Å². The van der Waals surface area contributed by atoms with Crippen LogP contribution in [0.25, 0.3) is 0 Å². The summed E-state index contributed by atoms with van der Waals surface area (Å²) in [5.74, 6) is -2.95. The molecule has 0 heterocycles. The van der Waals surface area contributed by atoms with Crippen molar-refractivity contribution in [2.45, 2.75) is 32.1 Å². The normalized spacial score (nSPS) is 15.1. The molecule has 0 radical (unpaired) electrons. The van der Waals surface area contributed by atoms with E-state index >= 15 is 0 Å². The van der Waals surface area contributed by atoms with E-state index in [0.29, 0.717) is 18.5 Å². The summed E-state index contributed by atoms with van der Waals surface area (Å²) in [6.45, 7) is 0.311. The number of carbonyl (C=O) groups excluding carboxylic acids is 1. The Labute approximate surface area is 120 Å². The minimum absolute atomic E-state index is 0.311. The van der Waals surface area contributed by atoms with Gasteiger partial charge in [-0.25, -0.2) is 4.39 Å². The lowest BCUT2D eigenvalue weighted by molar-refractivity contribution is -0.387. The first-order valence-electron chi connectivity index (χ1n) is 6.91. The summed E-state index contributed by atoms with van der Waals surface area (Å²) in [4.78, 5) is 21.4. The molecule has 0 unspecified atom stereocenters. The maximum Gasteiger partial charge on any atom is 0.305 e. The van der Waals surface area contributed by atoms with Crippen LogP contribution in [-0.4, -0.2) is 17.4 Å². The lowest BCUT2D eigenvalue weighted by Crippen LogP contribution is -2.27. The zero-order chi connectivity index (χ0) is 15.4. The van der Waals surface area contributed by atoms with E-state index in [2.05, 4.69) is 5.32 Å². The number of nitro groups is 1. The van der Waals surface area contributed by atoms with Gasteiger partial charge in [-0.05, 0) is 18.4 Å².